The second-order valence-electron chi connectivity index (χ2n) is 4.38. The van der Waals surface area contributed by atoms with Gasteiger partial charge in [0.05, 0.1) is 20.1 Å². The molecule has 100 valence electrons. The number of carbonyl (C=O) groups is 1. The van der Waals surface area contributed by atoms with Gasteiger partial charge in [-0.25, -0.2) is 0 Å². The van der Waals surface area contributed by atoms with E-state index in [4.69, 9.17) is 9.47 Å². The molecule has 18 heavy (non-hydrogen) atoms. The number of hydrogen-bond acceptors (Lipinski definition) is 4. The molecular weight excluding hydrogens is 232 g/mol. The summed E-state index contributed by atoms with van der Waals surface area (Å²) in [5.41, 5.74) is 0.763. The maximum absolute atomic E-state index is 11.6. The number of methoxy groups -OCH3 is 1. The fourth-order valence-electron chi connectivity index (χ4n) is 1.40. The van der Waals surface area contributed by atoms with Crippen molar-refractivity contribution in [1.29, 1.82) is 0 Å². The second kappa shape index (κ2) is 6.89. The maximum atomic E-state index is 11.6. The molecule has 0 spiro atoms. The van der Waals surface area contributed by atoms with E-state index in [0.717, 1.165) is 12.0 Å². The van der Waals surface area contributed by atoms with Gasteiger partial charge < -0.3 is 14.6 Å². The van der Waals surface area contributed by atoms with Crippen LogP contribution in [0.25, 0.3) is 0 Å². The summed E-state index contributed by atoms with van der Waals surface area (Å²) in [6.45, 7) is 4.55. The van der Waals surface area contributed by atoms with E-state index in [-0.39, 0.29) is 18.1 Å². The normalized spacial score (nSPS) is 11.9. The lowest BCUT2D eigenvalue weighted by atomic mass is 10.1. The number of esters is 1. The van der Waals surface area contributed by atoms with Gasteiger partial charge in [-0.2, -0.15) is 0 Å². The van der Waals surface area contributed by atoms with E-state index in [1.165, 1.54) is 13.2 Å². The van der Waals surface area contributed by atoms with E-state index in [1.807, 2.05) is 6.92 Å². The van der Waals surface area contributed by atoms with Crippen molar-refractivity contribution < 1.29 is 19.4 Å². The molecule has 1 aromatic carbocycles. The standard InChI is InChI=1S/C14H20O4/c1-4-10(2)9-18-14(16)8-11-5-6-12(15)13(7-11)17-3/h5-7,10,15H,4,8-9H2,1-3H3. The lowest BCUT2D eigenvalue weighted by Crippen LogP contribution is -2.13. The van der Waals surface area contributed by atoms with Crippen molar-refractivity contribution >= 4 is 5.97 Å². The van der Waals surface area contributed by atoms with Gasteiger partial charge >= 0.3 is 5.97 Å². The summed E-state index contributed by atoms with van der Waals surface area (Å²) in [4.78, 5) is 11.6. The van der Waals surface area contributed by atoms with Crippen LogP contribution < -0.4 is 4.74 Å². The molecule has 1 aromatic rings. The fourth-order valence-corrected chi connectivity index (χ4v) is 1.40. The molecule has 1 atom stereocenters. The molecule has 0 aliphatic carbocycles. The molecule has 4 nitrogen and oxygen atoms in total. The first-order chi connectivity index (χ1) is 8.56. The molecule has 0 amide bonds. The third-order valence-electron chi connectivity index (χ3n) is 2.82. The van der Waals surface area contributed by atoms with Crippen LogP contribution in [0, 0.1) is 5.92 Å². The molecular formula is C14H20O4. The minimum absolute atomic E-state index is 0.0641. The number of rotatable bonds is 6. The van der Waals surface area contributed by atoms with Crippen LogP contribution >= 0.6 is 0 Å². The van der Waals surface area contributed by atoms with Gasteiger partial charge in [-0.3, -0.25) is 4.79 Å². The Kier molecular flexibility index (Phi) is 5.49. The zero-order chi connectivity index (χ0) is 13.5. The summed E-state index contributed by atoms with van der Waals surface area (Å²) in [5.74, 6) is 0.544. The Morgan fingerprint density at radius 1 is 1.44 bits per heavy atom. The highest BCUT2D eigenvalue weighted by Crippen LogP contribution is 2.26. The van der Waals surface area contributed by atoms with Crippen molar-refractivity contribution in [2.24, 2.45) is 5.92 Å². The molecule has 4 heteroatoms. The molecule has 0 aliphatic rings. The van der Waals surface area contributed by atoms with Crippen LogP contribution in [-0.2, 0) is 16.0 Å². The Hall–Kier alpha value is -1.71. The van der Waals surface area contributed by atoms with Crippen LogP contribution in [-0.4, -0.2) is 24.8 Å². The number of benzene rings is 1. The van der Waals surface area contributed by atoms with E-state index in [1.54, 1.807) is 12.1 Å². The number of phenols is 1. The van der Waals surface area contributed by atoms with E-state index < -0.39 is 0 Å². The van der Waals surface area contributed by atoms with Crippen molar-refractivity contribution in [1.82, 2.24) is 0 Å². The lowest BCUT2D eigenvalue weighted by Gasteiger charge is -2.10. The number of aromatic hydroxyl groups is 1. The zero-order valence-electron chi connectivity index (χ0n) is 11.1. The van der Waals surface area contributed by atoms with Gasteiger partial charge in [0, 0.05) is 0 Å². The van der Waals surface area contributed by atoms with E-state index in [0.29, 0.717) is 18.3 Å². The smallest absolute Gasteiger partial charge is 0.310 e. The van der Waals surface area contributed by atoms with Gasteiger partial charge in [0.25, 0.3) is 0 Å². The van der Waals surface area contributed by atoms with Gasteiger partial charge in [0.2, 0.25) is 0 Å². The Bertz CT molecular complexity index is 401. The number of hydrogen-bond donors (Lipinski definition) is 1. The average molecular weight is 252 g/mol. The van der Waals surface area contributed by atoms with Gasteiger partial charge in [-0.1, -0.05) is 26.3 Å². The molecule has 0 aromatic heterocycles. The van der Waals surface area contributed by atoms with Crippen LogP contribution in [0.2, 0.25) is 0 Å². The minimum atomic E-state index is -0.261. The van der Waals surface area contributed by atoms with Gasteiger partial charge in [0.1, 0.15) is 0 Å². The fraction of sp³-hybridized carbons (Fsp3) is 0.500. The van der Waals surface area contributed by atoms with Crippen molar-refractivity contribution in [2.75, 3.05) is 13.7 Å². The molecule has 1 rings (SSSR count). The molecule has 0 radical (unpaired) electrons. The summed E-state index contributed by atoms with van der Waals surface area (Å²) in [6.07, 6.45) is 1.17. The first-order valence-corrected chi connectivity index (χ1v) is 6.08. The summed E-state index contributed by atoms with van der Waals surface area (Å²) in [6, 6.07) is 4.83. The Labute approximate surface area is 108 Å². The second-order valence-corrected chi connectivity index (χ2v) is 4.38. The van der Waals surface area contributed by atoms with Crippen LogP contribution in [0.1, 0.15) is 25.8 Å². The maximum Gasteiger partial charge on any atom is 0.310 e. The highest BCUT2D eigenvalue weighted by Gasteiger charge is 2.09. The molecule has 0 fully saturated rings. The van der Waals surface area contributed by atoms with Crippen LogP contribution in [0.5, 0.6) is 11.5 Å². The first-order valence-electron chi connectivity index (χ1n) is 6.08. The lowest BCUT2D eigenvalue weighted by molar-refractivity contribution is -0.144. The quantitative estimate of drug-likeness (QED) is 0.790. The highest BCUT2D eigenvalue weighted by atomic mass is 16.5. The molecule has 1 unspecified atom stereocenters. The molecule has 0 bridgehead atoms. The van der Waals surface area contributed by atoms with E-state index >= 15 is 0 Å². The third kappa shape index (κ3) is 4.28. The third-order valence-corrected chi connectivity index (χ3v) is 2.82. The van der Waals surface area contributed by atoms with E-state index in [9.17, 15) is 9.90 Å². The van der Waals surface area contributed by atoms with Crippen molar-refractivity contribution in [3.05, 3.63) is 23.8 Å². The van der Waals surface area contributed by atoms with Crippen molar-refractivity contribution in [2.45, 2.75) is 26.7 Å². The zero-order valence-corrected chi connectivity index (χ0v) is 11.1. The van der Waals surface area contributed by atoms with Crippen molar-refractivity contribution in [3.63, 3.8) is 0 Å². The predicted octanol–water partition coefficient (Wildman–Crippen LogP) is 2.53. The predicted molar refractivity (Wildman–Crippen MR) is 68.8 cm³/mol. The summed E-state index contributed by atoms with van der Waals surface area (Å²) in [7, 11) is 1.47. The van der Waals surface area contributed by atoms with Crippen LogP contribution in [0.3, 0.4) is 0 Å². The van der Waals surface area contributed by atoms with Gasteiger partial charge in [0.15, 0.2) is 11.5 Å². The Morgan fingerprint density at radius 2 is 2.17 bits per heavy atom. The molecule has 0 saturated carbocycles. The summed E-state index contributed by atoms with van der Waals surface area (Å²) in [5, 5.41) is 9.44. The summed E-state index contributed by atoms with van der Waals surface area (Å²) < 4.78 is 10.1. The van der Waals surface area contributed by atoms with Crippen LogP contribution in [0.15, 0.2) is 18.2 Å². The highest BCUT2D eigenvalue weighted by molar-refractivity contribution is 5.72. The molecule has 0 heterocycles. The molecule has 1 N–H and O–H groups in total. The van der Waals surface area contributed by atoms with Crippen molar-refractivity contribution in [3.8, 4) is 11.5 Å². The number of ether oxygens (including phenoxy) is 2. The molecule has 0 aliphatic heterocycles. The number of carbonyl (C=O) groups excluding carboxylic acids is 1. The monoisotopic (exact) mass is 252 g/mol. The SMILES string of the molecule is CCC(C)COC(=O)Cc1ccc(O)c(OC)c1. The Morgan fingerprint density at radius 3 is 2.78 bits per heavy atom. The van der Waals surface area contributed by atoms with Crippen LogP contribution in [0.4, 0.5) is 0 Å². The van der Waals surface area contributed by atoms with Gasteiger partial charge in [-0.15, -0.1) is 0 Å². The topological polar surface area (TPSA) is 55.8 Å². The van der Waals surface area contributed by atoms with Gasteiger partial charge in [-0.05, 0) is 23.6 Å². The first kappa shape index (κ1) is 14.4. The minimum Gasteiger partial charge on any atom is -0.504 e. The average Bonchev–Trinajstić information content (AvgIpc) is 2.38. The van der Waals surface area contributed by atoms with E-state index in [2.05, 4.69) is 6.92 Å². The number of phenolic OH excluding ortho intramolecular Hbond substituents is 1. The summed E-state index contributed by atoms with van der Waals surface area (Å²) >= 11 is 0. The largest absolute Gasteiger partial charge is 0.504 e. The molecule has 0 saturated heterocycles. The Balaban J connectivity index is 2.54.